The molecule has 1 atom stereocenters. The van der Waals surface area contributed by atoms with E-state index in [4.69, 9.17) is 11.6 Å². The van der Waals surface area contributed by atoms with Gasteiger partial charge in [-0.05, 0) is 36.6 Å². The molecule has 1 unspecified atom stereocenters. The van der Waals surface area contributed by atoms with Crippen molar-refractivity contribution in [3.63, 3.8) is 0 Å². The maximum Gasteiger partial charge on any atom is 0.269 e. The van der Waals surface area contributed by atoms with Crippen molar-refractivity contribution in [2.75, 3.05) is 5.75 Å². The average Bonchev–Trinajstić information content (AvgIpc) is 2.87. The first kappa shape index (κ1) is 28.2. The number of amides is 2. The molecule has 0 fully saturated rings. The maximum absolute atomic E-state index is 13.6. The van der Waals surface area contributed by atoms with E-state index in [1.807, 2.05) is 62.4 Å². The van der Waals surface area contributed by atoms with Gasteiger partial charge in [-0.15, -0.1) is 11.8 Å². The molecule has 3 aromatic rings. The number of rotatable bonds is 12. The molecule has 0 aromatic heterocycles. The summed E-state index contributed by atoms with van der Waals surface area (Å²) in [4.78, 5) is 39.0. The number of thioether (sulfide) groups is 1. The molecule has 3 rings (SSSR count). The number of carbonyl (C=O) groups excluding carboxylic acids is 2. The Morgan fingerprint density at radius 3 is 2.24 bits per heavy atom. The van der Waals surface area contributed by atoms with Crippen LogP contribution in [0.4, 0.5) is 5.69 Å². The van der Waals surface area contributed by atoms with Crippen molar-refractivity contribution in [1.29, 1.82) is 0 Å². The minimum Gasteiger partial charge on any atom is -0.352 e. The van der Waals surface area contributed by atoms with Crippen molar-refractivity contribution in [3.05, 3.63) is 111 Å². The molecule has 2 amide bonds. The molecule has 1 N–H and O–H groups in total. The third-order valence-electron chi connectivity index (χ3n) is 5.64. The Balaban J connectivity index is 1.83. The molecule has 0 heterocycles. The second kappa shape index (κ2) is 13.8. The van der Waals surface area contributed by atoms with E-state index in [1.54, 1.807) is 23.1 Å². The summed E-state index contributed by atoms with van der Waals surface area (Å²) in [5.74, 6) is 0.235. The fraction of sp³-hybridized carbons (Fsp3) is 0.286. The lowest BCUT2D eigenvalue weighted by atomic mass is 10.0. The van der Waals surface area contributed by atoms with Crippen molar-refractivity contribution in [3.8, 4) is 0 Å². The van der Waals surface area contributed by atoms with E-state index < -0.39 is 11.0 Å². The van der Waals surface area contributed by atoms with Crippen LogP contribution in [0.25, 0.3) is 0 Å². The number of benzene rings is 3. The number of nitrogens with one attached hydrogen (secondary N) is 1. The largest absolute Gasteiger partial charge is 0.352 e. The summed E-state index contributed by atoms with van der Waals surface area (Å²) in [5.41, 5.74) is 2.60. The highest BCUT2D eigenvalue weighted by Gasteiger charge is 2.31. The average molecular weight is 540 g/mol. The van der Waals surface area contributed by atoms with Crippen molar-refractivity contribution in [2.45, 2.75) is 44.6 Å². The monoisotopic (exact) mass is 539 g/mol. The summed E-state index contributed by atoms with van der Waals surface area (Å²) in [6, 6.07) is 22.4. The second-order valence-electron chi connectivity index (χ2n) is 8.90. The molecule has 0 spiro atoms. The Morgan fingerprint density at radius 2 is 1.62 bits per heavy atom. The highest BCUT2D eigenvalue weighted by molar-refractivity contribution is 7.99. The van der Waals surface area contributed by atoms with E-state index in [0.717, 1.165) is 16.7 Å². The molecule has 0 saturated carbocycles. The van der Waals surface area contributed by atoms with Gasteiger partial charge in [-0.3, -0.25) is 19.7 Å². The molecule has 3 aromatic carbocycles. The van der Waals surface area contributed by atoms with Crippen LogP contribution in [0.5, 0.6) is 0 Å². The summed E-state index contributed by atoms with van der Waals surface area (Å²) >= 11 is 7.82. The number of nitrogens with zero attached hydrogens (tertiary/aromatic N) is 2. The molecular formula is C28H30ClN3O4S. The van der Waals surface area contributed by atoms with E-state index in [9.17, 15) is 19.7 Å². The van der Waals surface area contributed by atoms with Crippen molar-refractivity contribution < 1.29 is 14.5 Å². The van der Waals surface area contributed by atoms with Gasteiger partial charge in [-0.2, -0.15) is 0 Å². The maximum atomic E-state index is 13.6. The molecule has 7 nitrogen and oxygen atoms in total. The second-order valence-corrected chi connectivity index (χ2v) is 10.3. The zero-order valence-electron chi connectivity index (χ0n) is 20.8. The van der Waals surface area contributed by atoms with Crippen LogP contribution < -0.4 is 5.32 Å². The van der Waals surface area contributed by atoms with Crippen LogP contribution in [0.3, 0.4) is 0 Å². The van der Waals surface area contributed by atoms with Crippen LogP contribution in [-0.2, 0) is 28.3 Å². The van der Waals surface area contributed by atoms with Crippen LogP contribution in [0.15, 0.2) is 78.9 Å². The Morgan fingerprint density at radius 1 is 0.973 bits per heavy atom. The Kier molecular flexibility index (Phi) is 10.5. The van der Waals surface area contributed by atoms with Crippen LogP contribution in [0, 0.1) is 10.1 Å². The molecular weight excluding hydrogens is 510 g/mol. The van der Waals surface area contributed by atoms with Gasteiger partial charge in [0.1, 0.15) is 6.04 Å². The number of halogens is 1. The molecule has 9 heteroatoms. The minimum absolute atomic E-state index is 0.0238. The number of hydrogen-bond donors (Lipinski definition) is 1. The topological polar surface area (TPSA) is 92.6 Å². The lowest BCUT2D eigenvalue weighted by molar-refractivity contribution is -0.384. The first-order valence-corrected chi connectivity index (χ1v) is 13.5. The van der Waals surface area contributed by atoms with Crippen LogP contribution >= 0.6 is 23.4 Å². The van der Waals surface area contributed by atoms with E-state index in [2.05, 4.69) is 5.32 Å². The SMILES string of the molecule is CC(C)NC(=O)C(Cc1ccccc1)N(Cc1ccccc1Cl)C(=O)CSCc1ccc([N+](=O)[O-])cc1. The number of nitro groups is 1. The van der Waals surface area contributed by atoms with Crippen molar-refractivity contribution in [2.24, 2.45) is 0 Å². The molecule has 0 radical (unpaired) electrons. The predicted molar refractivity (Wildman–Crippen MR) is 148 cm³/mol. The van der Waals surface area contributed by atoms with Gasteiger partial charge in [-0.1, -0.05) is 72.3 Å². The summed E-state index contributed by atoms with van der Waals surface area (Å²) in [6.07, 6.45) is 0.364. The van der Waals surface area contributed by atoms with Gasteiger partial charge in [0.05, 0.1) is 10.7 Å². The molecule has 37 heavy (non-hydrogen) atoms. The van der Waals surface area contributed by atoms with Crippen LogP contribution in [0.2, 0.25) is 5.02 Å². The molecule has 194 valence electrons. The van der Waals surface area contributed by atoms with Gasteiger partial charge in [0.15, 0.2) is 0 Å². The predicted octanol–water partition coefficient (Wildman–Crippen LogP) is 5.65. The quantitative estimate of drug-likeness (QED) is 0.237. The first-order valence-electron chi connectivity index (χ1n) is 11.9. The minimum atomic E-state index is -0.728. The fourth-order valence-electron chi connectivity index (χ4n) is 3.80. The zero-order valence-corrected chi connectivity index (χ0v) is 22.4. The molecule has 0 saturated heterocycles. The molecule has 0 aliphatic rings. The van der Waals surface area contributed by atoms with E-state index in [-0.39, 0.29) is 35.8 Å². The first-order chi connectivity index (χ1) is 17.7. The number of nitro benzene ring substituents is 1. The number of non-ortho nitro benzene ring substituents is 1. The molecule has 0 bridgehead atoms. The Bertz CT molecular complexity index is 1210. The number of carbonyl (C=O) groups is 2. The van der Waals surface area contributed by atoms with Gasteiger partial charge < -0.3 is 10.2 Å². The third-order valence-corrected chi connectivity index (χ3v) is 7.00. The summed E-state index contributed by atoms with van der Waals surface area (Å²) < 4.78 is 0. The lowest BCUT2D eigenvalue weighted by Gasteiger charge is -2.32. The summed E-state index contributed by atoms with van der Waals surface area (Å²) in [5, 5.41) is 14.4. The third kappa shape index (κ3) is 8.61. The number of hydrogen-bond acceptors (Lipinski definition) is 5. The lowest BCUT2D eigenvalue weighted by Crippen LogP contribution is -2.52. The normalized spacial score (nSPS) is 11.7. The molecule has 0 aliphatic heterocycles. The van der Waals surface area contributed by atoms with E-state index in [0.29, 0.717) is 17.2 Å². The van der Waals surface area contributed by atoms with Gasteiger partial charge in [-0.25, -0.2) is 0 Å². The van der Waals surface area contributed by atoms with E-state index in [1.165, 1.54) is 23.9 Å². The fourth-order valence-corrected chi connectivity index (χ4v) is 4.86. The van der Waals surface area contributed by atoms with Gasteiger partial charge in [0.2, 0.25) is 11.8 Å². The Hall–Kier alpha value is -3.36. The van der Waals surface area contributed by atoms with Gasteiger partial charge >= 0.3 is 0 Å². The van der Waals surface area contributed by atoms with Gasteiger partial charge in [0.25, 0.3) is 5.69 Å². The van der Waals surface area contributed by atoms with E-state index >= 15 is 0 Å². The van der Waals surface area contributed by atoms with Crippen LogP contribution in [-0.4, -0.2) is 39.5 Å². The smallest absolute Gasteiger partial charge is 0.269 e. The highest BCUT2D eigenvalue weighted by atomic mass is 35.5. The van der Waals surface area contributed by atoms with Gasteiger partial charge in [0, 0.05) is 41.9 Å². The molecule has 0 aliphatic carbocycles. The standard InChI is InChI=1S/C28H30ClN3O4S/c1-20(2)30-28(34)26(16-21-8-4-3-5-9-21)31(17-23-10-6-7-11-25(23)29)27(33)19-37-18-22-12-14-24(15-13-22)32(35)36/h3-15,20,26H,16-19H2,1-2H3,(H,30,34). The van der Waals surface area contributed by atoms with Crippen molar-refractivity contribution in [1.82, 2.24) is 10.2 Å². The Labute approximate surface area is 226 Å². The highest BCUT2D eigenvalue weighted by Crippen LogP contribution is 2.23. The summed E-state index contributed by atoms with van der Waals surface area (Å²) in [6.45, 7) is 3.97. The van der Waals surface area contributed by atoms with Crippen molar-refractivity contribution >= 4 is 40.9 Å². The van der Waals surface area contributed by atoms with Crippen LogP contribution in [0.1, 0.15) is 30.5 Å². The zero-order chi connectivity index (χ0) is 26.8. The summed E-state index contributed by atoms with van der Waals surface area (Å²) in [7, 11) is 0.